The molecule has 0 aromatic heterocycles. The Labute approximate surface area is 320 Å². The molecule has 2 aromatic rings. The second-order valence-electron chi connectivity index (χ2n) is 14.6. The van der Waals surface area contributed by atoms with Gasteiger partial charge in [-0.2, -0.15) is 0 Å². The van der Waals surface area contributed by atoms with Crippen molar-refractivity contribution in [3.05, 3.63) is 71.3 Å². The van der Waals surface area contributed by atoms with E-state index in [1.807, 2.05) is 6.07 Å². The maximum Gasteiger partial charge on any atom is 0.251 e. The number of nitrogens with two attached hydrogens (primary N) is 1. The summed E-state index contributed by atoms with van der Waals surface area (Å²) in [5.74, 6) is -6.23. The summed E-state index contributed by atoms with van der Waals surface area (Å²) in [4.78, 5) is 116. The topological polar surface area (TPSA) is 219 Å². The molecule has 5 N–H and O–H groups in total. The number of benzene rings is 2. The van der Waals surface area contributed by atoms with Crippen LogP contribution in [0.25, 0.3) is 0 Å². The number of likely N-dealkylation sites (tertiary alicyclic amines) is 1. The summed E-state index contributed by atoms with van der Waals surface area (Å²) >= 11 is 0. The molecular formula is C41H51N5O9. The minimum absolute atomic E-state index is 0.0485. The van der Waals surface area contributed by atoms with Gasteiger partial charge in [-0.05, 0) is 51.2 Å². The van der Waals surface area contributed by atoms with Gasteiger partial charge in [-0.3, -0.25) is 48.1 Å². The van der Waals surface area contributed by atoms with Crippen LogP contribution in [-0.2, 0) is 33.6 Å². The standard InChI is InChI=1S/C41H51N5O9/c1-4-26(36(42)51)24-41(3,33-25(2)38(53)46(39(33)54)23-10-6-9-14-32(49)45-34-30(47)19-20-31(34)48)40(55)44-22-11-21-43-37(52)29-17-15-28(16-18-29)35(50)27-12-7-5-8-13-27/h5,7-8,12-13,15-18,25-26,33-34H,4,6,9-11,14,19-24H2,1-3H3,(H2,42,51)(H,43,52)(H,44,55)(H,45,49). The van der Waals surface area contributed by atoms with Crippen molar-refractivity contribution in [3.63, 3.8) is 0 Å². The van der Waals surface area contributed by atoms with Crippen LogP contribution in [-0.4, -0.2) is 83.4 Å². The van der Waals surface area contributed by atoms with Crippen molar-refractivity contribution >= 4 is 52.8 Å². The molecule has 1 aliphatic carbocycles. The lowest BCUT2D eigenvalue weighted by Gasteiger charge is -2.36. The number of imide groups is 1. The van der Waals surface area contributed by atoms with Crippen molar-refractivity contribution in [2.45, 2.75) is 84.6 Å². The molecule has 0 bridgehead atoms. The number of ketones is 3. The van der Waals surface area contributed by atoms with Gasteiger partial charge in [0, 0.05) is 67.4 Å². The third-order valence-corrected chi connectivity index (χ3v) is 10.7. The van der Waals surface area contributed by atoms with Gasteiger partial charge in [0.2, 0.25) is 29.5 Å². The van der Waals surface area contributed by atoms with E-state index < -0.39 is 58.7 Å². The summed E-state index contributed by atoms with van der Waals surface area (Å²) in [6.07, 6.45) is 2.25. The molecule has 55 heavy (non-hydrogen) atoms. The van der Waals surface area contributed by atoms with E-state index in [-0.39, 0.29) is 68.6 Å². The lowest BCUT2D eigenvalue weighted by Crippen LogP contribution is -2.50. The van der Waals surface area contributed by atoms with E-state index in [9.17, 15) is 43.2 Å². The molecule has 0 spiro atoms. The quantitative estimate of drug-likeness (QED) is 0.0675. The predicted octanol–water partition coefficient (Wildman–Crippen LogP) is 2.66. The van der Waals surface area contributed by atoms with Crippen LogP contribution in [0.15, 0.2) is 54.6 Å². The Kier molecular flexibility index (Phi) is 14.7. The summed E-state index contributed by atoms with van der Waals surface area (Å²) in [6, 6.07) is 14.0. The van der Waals surface area contributed by atoms with Gasteiger partial charge in [0.05, 0.1) is 11.3 Å². The number of Topliss-reactive ketones (excluding diaryl/α,β-unsaturated/α-hetero) is 2. The lowest BCUT2D eigenvalue weighted by molar-refractivity contribution is -0.147. The summed E-state index contributed by atoms with van der Waals surface area (Å²) in [6.45, 7) is 5.36. The summed E-state index contributed by atoms with van der Waals surface area (Å²) in [7, 11) is 0. The summed E-state index contributed by atoms with van der Waals surface area (Å²) in [5, 5.41) is 8.12. The van der Waals surface area contributed by atoms with Crippen LogP contribution in [0.5, 0.6) is 0 Å². The van der Waals surface area contributed by atoms with Gasteiger partial charge in [-0.15, -0.1) is 0 Å². The molecule has 1 saturated carbocycles. The molecular weight excluding hydrogens is 706 g/mol. The fourth-order valence-electron chi connectivity index (χ4n) is 7.41. The molecule has 2 aliphatic rings. The van der Waals surface area contributed by atoms with E-state index in [4.69, 9.17) is 5.73 Å². The van der Waals surface area contributed by atoms with Crippen LogP contribution in [0, 0.1) is 23.2 Å². The van der Waals surface area contributed by atoms with Crippen molar-refractivity contribution in [1.82, 2.24) is 20.9 Å². The van der Waals surface area contributed by atoms with E-state index in [0.717, 1.165) is 4.90 Å². The Morgan fingerprint density at radius 1 is 0.800 bits per heavy atom. The molecule has 1 aliphatic heterocycles. The van der Waals surface area contributed by atoms with Crippen LogP contribution in [0.4, 0.5) is 0 Å². The van der Waals surface area contributed by atoms with Gasteiger partial charge < -0.3 is 21.7 Å². The Hall–Kier alpha value is -5.53. The molecule has 2 aromatic carbocycles. The molecule has 2 fully saturated rings. The number of unbranched alkanes of at least 4 members (excludes halogenated alkanes) is 2. The molecule has 14 heteroatoms. The minimum atomic E-state index is -1.47. The first kappa shape index (κ1) is 42.2. The normalized spacial score (nSPS) is 18.9. The number of carbonyl (C=O) groups is 9. The summed E-state index contributed by atoms with van der Waals surface area (Å²) in [5.41, 5.74) is 5.55. The molecule has 6 amide bonds. The molecule has 1 heterocycles. The fraction of sp³-hybridized carbons (Fsp3) is 0.488. The zero-order valence-corrected chi connectivity index (χ0v) is 31.7. The highest BCUT2D eigenvalue weighted by Gasteiger charge is 2.57. The second kappa shape index (κ2) is 19.2. The number of carbonyl (C=O) groups excluding carboxylic acids is 9. The van der Waals surface area contributed by atoms with Crippen molar-refractivity contribution < 1.29 is 43.2 Å². The molecule has 4 unspecified atom stereocenters. The molecule has 4 rings (SSSR count). The van der Waals surface area contributed by atoms with Crippen molar-refractivity contribution in [3.8, 4) is 0 Å². The van der Waals surface area contributed by atoms with Gasteiger partial charge in [0.15, 0.2) is 17.3 Å². The molecule has 294 valence electrons. The maximum atomic E-state index is 13.9. The highest BCUT2D eigenvalue weighted by Crippen LogP contribution is 2.45. The van der Waals surface area contributed by atoms with Crippen LogP contribution >= 0.6 is 0 Å². The second-order valence-corrected chi connectivity index (χ2v) is 14.6. The van der Waals surface area contributed by atoms with E-state index in [1.54, 1.807) is 69.3 Å². The highest BCUT2D eigenvalue weighted by atomic mass is 16.2. The van der Waals surface area contributed by atoms with E-state index >= 15 is 0 Å². The van der Waals surface area contributed by atoms with Gasteiger partial charge in [-0.1, -0.05) is 62.7 Å². The molecule has 14 nitrogen and oxygen atoms in total. The first-order chi connectivity index (χ1) is 26.2. The van der Waals surface area contributed by atoms with E-state index in [1.165, 1.54) is 0 Å². The number of nitrogens with one attached hydrogen (secondary N) is 3. The summed E-state index contributed by atoms with van der Waals surface area (Å²) < 4.78 is 0. The monoisotopic (exact) mass is 757 g/mol. The van der Waals surface area contributed by atoms with E-state index in [2.05, 4.69) is 16.0 Å². The number of nitrogens with zero attached hydrogens (tertiary/aromatic N) is 1. The van der Waals surface area contributed by atoms with Crippen LogP contribution in [0.1, 0.15) is 105 Å². The zero-order valence-electron chi connectivity index (χ0n) is 31.7. The van der Waals surface area contributed by atoms with Crippen molar-refractivity contribution in [1.29, 1.82) is 0 Å². The maximum absolute atomic E-state index is 13.9. The Bertz CT molecular complexity index is 1780. The number of rotatable bonds is 20. The lowest BCUT2D eigenvalue weighted by atomic mass is 9.66. The van der Waals surface area contributed by atoms with Crippen LogP contribution in [0.3, 0.4) is 0 Å². The highest BCUT2D eigenvalue weighted by molar-refractivity contribution is 6.14. The van der Waals surface area contributed by atoms with Crippen LogP contribution < -0.4 is 21.7 Å². The number of amides is 6. The SMILES string of the molecule is CCC(CC(C)(C(=O)NCCCNC(=O)c1ccc(C(=O)c2ccccc2)cc1)C1C(=O)N(CCCCCC(=O)NC2C(=O)CCC2=O)C(=O)C1C)C(N)=O. The molecule has 4 atom stereocenters. The van der Waals surface area contributed by atoms with Gasteiger partial charge in [0.25, 0.3) is 5.91 Å². The smallest absolute Gasteiger partial charge is 0.251 e. The Morgan fingerprint density at radius 2 is 1.40 bits per heavy atom. The van der Waals surface area contributed by atoms with Crippen molar-refractivity contribution in [2.75, 3.05) is 19.6 Å². The zero-order chi connectivity index (χ0) is 40.3. The first-order valence-corrected chi connectivity index (χ1v) is 18.9. The number of hydrogen-bond acceptors (Lipinski definition) is 9. The number of hydrogen-bond donors (Lipinski definition) is 4. The predicted molar refractivity (Wildman–Crippen MR) is 201 cm³/mol. The van der Waals surface area contributed by atoms with E-state index in [0.29, 0.717) is 48.8 Å². The molecule has 0 radical (unpaired) electrons. The van der Waals surface area contributed by atoms with Gasteiger partial charge in [0.1, 0.15) is 6.04 Å². The third-order valence-electron chi connectivity index (χ3n) is 10.7. The minimum Gasteiger partial charge on any atom is -0.369 e. The fourth-order valence-corrected chi connectivity index (χ4v) is 7.41. The first-order valence-electron chi connectivity index (χ1n) is 18.9. The van der Waals surface area contributed by atoms with Gasteiger partial charge in [-0.25, -0.2) is 0 Å². The molecule has 1 saturated heterocycles. The average Bonchev–Trinajstić information content (AvgIpc) is 3.60. The Balaban J connectivity index is 1.30. The van der Waals surface area contributed by atoms with Crippen molar-refractivity contribution in [2.24, 2.45) is 28.9 Å². The van der Waals surface area contributed by atoms with Gasteiger partial charge >= 0.3 is 0 Å². The number of primary amides is 1. The largest absolute Gasteiger partial charge is 0.369 e. The average molecular weight is 758 g/mol. The Morgan fingerprint density at radius 3 is 2.02 bits per heavy atom. The van der Waals surface area contributed by atoms with Crippen LogP contribution in [0.2, 0.25) is 0 Å². The third kappa shape index (κ3) is 10.4.